The lowest BCUT2D eigenvalue weighted by atomic mass is 9.78. The molecule has 0 aliphatic carbocycles. The minimum atomic E-state index is -0.509. The molecule has 0 aromatic carbocycles. The number of imidazole rings is 1. The Balaban J connectivity index is 1.51. The lowest BCUT2D eigenvalue weighted by molar-refractivity contribution is -0.389. The number of aryl methyl sites for hydroxylation is 2. The first-order chi connectivity index (χ1) is 11.0. The maximum absolute atomic E-state index is 12.4. The summed E-state index contributed by atoms with van der Waals surface area (Å²) in [4.78, 5) is 28.4. The number of rotatable bonds is 4. The summed E-state index contributed by atoms with van der Waals surface area (Å²) in [7, 11) is 0. The van der Waals surface area contributed by atoms with Crippen LogP contribution in [-0.2, 0) is 11.3 Å². The average molecular weight is 321 g/mol. The van der Waals surface area contributed by atoms with Crippen LogP contribution in [0, 0.1) is 22.5 Å². The standard InChI is InChI=1S/C15H23N5O3/c1-12-17-13(20(22)23)10-19(12)7-2-14(21)18-8-4-15(5-9-18)3-6-16-11-15/h10,16H,2-9,11H2,1H3. The largest absolute Gasteiger partial charge is 0.381 e. The number of hydrogen-bond donors (Lipinski definition) is 1. The van der Waals surface area contributed by atoms with Gasteiger partial charge in [-0.25, -0.2) is 0 Å². The maximum Gasteiger partial charge on any atom is 0.381 e. The van der Waals surface area contributed by atoms with E-state index >= 15 is 0 Å². The van der Waals surface area contributed by atoms with Crippen LogP contribution in [0.3, 0.4) is 0 Å². The molecule has 1 N–H and O–H groups in total. The first-order valence-corrected chi connectivity index (χ1v) is 8.16. The minimum Gasteiger partial charge on any atom is -0.358 e. The fraction of sp³-hybridized carbons (Fsp3) is 0.733. The van der Waals surface area contributed by atoms with Crippen molar-refractivity contribution < 1.29 is 9.72 Å². The Morgan fingerprint density at radius 2 is 2.17 bits per heavy atom. The Hall–Kier alpha value is -1.96. The lowest BCUT2D eigenvalue weighted by Gasteiger charge is -2.39. The van der Waals surface area contributed by atoms with Crippen molar-refractivity contribution in [2.24, 2.45) is 5.41 Å². The van der Waals surface area contributed by atoms with E-state index in [0.29, 0.717) is 24.2 Å². The van der Waals surface area contributed by atoms with Crippen molar-refractivity contribution in [1.29, 1.82) is 0 Å². The quantitative estimate of drug-likeness (QED) is 0.662. The molecule has 2 aliphatic heterocycles. The zero-order valence-electron chi connectivity index (χ0n) is 13.5. The number of hydrogen-bond acceptors (Lipinski definition) is 5. The van der Waals surface area contributed by atoms with E-state index in [1.54, 1.807) is 11.5 Å². The molecule has 8 nitrogen and oxygen atoms in total. The van der Waals surface area contributed by atoms with Crippen molar-refractivity contribution in [3.63, 3.8) is 0 Å². The first-order valence-electron chi connectivity index (χ1n) is 8.16. The summed E-state index contributed by atoms with van der Waals surface area (Å²) in [6.45, 7) is 5.97. The molecular formula is C15H23N5O3. The van der Waals surface area contributed by atoms with Gasteiger partial charge < -0.3 is 24.9 Å². The molecule has 1 amide bonds. The SMILES string of the molecule is Cc1nc([N+](=O)[O-])cn1CCC(=O)N1CCC2(CCNC2)CC1. The summed E-state index contributed by atoms with van der Waals surface area (Å²) in [5.41, 5.74) is 0.401. The van der Waals surface area contributed by atoms with Crippen LogP contribution in [0.15, 0.2) is 6.20 Å². The predicted octanol–water partition coefficient (Wildman–Crippen LogP) is 1.09. The van der Waals surface area contributed by atoms with Crippen molar-refractivity contribution in [1.82, 2.24) is 19.8 Å². The van der Waals surface area contributed by atoms with Crippen LogP contribution >= 0.6 is 0 Å². The minimum absolute atomic E-state index is 0.126. The first kappa shape index (κ1) is 15.9. The van der Waals surface area contributed by atoms with E-state index in [-0.39, 0.29) is 11.7 Å². The van der Waals surface area contributed by atoms with Gasteiger partial charge in [0, 0.05) is 39.5 Å². The maximum atomic E-state index is 12.4. The molecule has 0 bridgehead atoms. The van der Waals surface area contributed by atoms with Gasteiger partial charge in [0.2, 0.25) is 11.7 Å². The molecule has 126 valence electrons. The van der Waals surface area contributed by atoms with E-state index in [9.17, 15) is 14.9 Å². The van der Waals surface area contributed by atoms with Crippen LogP contribution in [0.4, 0.5) is 5.82 Å². The number of nitro groups is 1. The van der Waals surface area contributed by atoms with Crippen LogP contribution in [-0.4, -0.2) is 51.5 Å². The Bertz CT molecular complexity index is 596. The Morgan fingerprint density at radius 3 is 2.74 bits per heavy atom. The van der Waals surface area contributed by atoms with Crippen molar-refractivity contribution >= 4 is 11.7 Å². The third-order valence-electron chi connectivity index (χ3n) is 5.23. The van der Waals surface area contributed by atoms with Crippen LogP contribution in [0.5, 0.6) is 0 Å². The number of piperidine rings is 1. The molecule has 8 heteroatoms. The zero-order valence-corrected chi connectivity index (χ0v) is 13.5. The number of carbonyl (C=O) groups excluding carboxylic acids is 1. The average Bonchev–Trinajstić information content (AvgIpc) is 3.13. The van der Waals surface area contributed by atoms with E-state index in [0.717, 1.165) is 39.0 Å². The Labute approximate surface area is 135 Å². The van der Waals surface area contributed by atoms with Gasteiger partial charge in [-0.1, -0.05) is 0 Å². The molecule has 3 rings (SSSR count). The molecule has 0 atom stereocenters. The van der Waals surface area contributed by atoms with Crippen molar-refractivity contribution in [3.8, 4) is 0 Å². The van der Waals surface area contributed by atoms with Gasteiger partial charge in [0.1, 0.15) is 6.20 Å². The molecule has 0 radical (unpaired) electrons. The highest BCUT2D eigenvalue weighted by atomic mass is 16.6. The summed E-state index contributed by atoms with van der Waals surface area (Å²) >= 11 is 0. The summed E-state index contributed by atoms with van der Waals surface area (Å²) in [5.74, 6) is 0.532. The zero-order chi connectivity index (χ0) is 16.4. The molecule has 1 spiro atoms. The second-order valence-electron chi connectivity index (χ2n) is 6.65. The van der Waals surface area contributed by atoms with Gasteiger partial charge in [-0.3, -0.25) is 4.79 Å². The summed E-state index contributed by atoms with van der Waals surface area (Å²) in [6.07, 6.45) is 5.12. The third kappa shape index (κ3) is 3.36. The van der Waals surface area contributed by atoms with Gasteiger partial charge in [0.25, 0.3) is 0 Å². The second-order valence-corrected chi connectivity index (χ2v) is 6.65. The van der Waals surface area contributed by atoms with Gasteiger partial charge in [-0.05, 0) is 41.1 Å². The molecule has 2 saturated heterocycles. The van der Waals surface area contributed by atoms with Gasteiger partial charge in [-0.2, -0.15) is 0 Å². The van der Waals surface area contributed by atoms with Crippen molar-refractivity contribution in [2.45, 2.75) is 39.2 Å². The molecular weight excluding hydrogens is 298 g/mol. The smallest absolute Gasteiger partial charge is 0.358 e. The van der Waals surface area contributed by atoms with E-state index < -0.39 is 4.92 Å². The van der Waals surface area contributed by atoms with Crippen LogP contribution < -0.4 is 5.32 Å². The Morgan fingerprint density at radius 1 is 1.43 bits per heavy atom. The van der Waals surface area contributed by atoms with Gasteiger partial charge in [0.15, 0.2) is 0 Å². The monoisotopic (exact) mass is 321 g/mol. The molecule has 3 heterocycles. The number of aromatic nitrogens is 2. The van der Waals surface area contributed by atoms with E-state index in [1.165, 1.54) is 12.6 Å². The third-order valence-corrected chi connectivity index (χ3v) is 5.23. The van der Waals surface area contributed by atoms with Crippen LogP contribution in [0.1, 0.15) is 31.5 Å². The highest BCUT2D eigenvalue weighted by Crippen LogP contribution is 2.36. The molecule has 23 heavy (non-hydrogen) atoms. The normalized spacial score (nSPS) is 20.1. The molecule has 0 saturated carbocycles. The number of carbonyl (C=O) groups is 1. The molecule has 0 unspecified atom stereocenters. The summed E-state index contributed by atoms with van der Waals surface area (Å²) < 4.78 is 1.68. The predicted molar refractivity (Wildman–Crippen MR) is 84.0 cm³/mol. The Kier molecular flexibility index (Phi) is 4.34. The lowest BCUT2D eigenvalue weighted by Crippen LogP contribution is -2.44. The van der Waals surface area contributed by atoms with E-state index in [1.807, 2.05) is 4.90 Å². The summed E-state index contributed by atoms with van der Waals surface area (Å²) in [5, 5.41) is 14.1. The number of likely N-dealkylation sites (tertiary alicyclic amines) is 1. The highest BCUT2D eigenvalue weighted by molar-refractivity contribution is 5.76. The second kappa shape index (κ2) is 6.27. The van der Waals surface area contributed by atoms with Gasteiger partial charge >= 0.3 is 5.82 Å². The molecule has 2 aliphatic rings. The number of nitrogens with one attached hydrogen (secondary N) is 1. The van der Waals surface area contributed by atoms with Crippen molar-refractivity contribution in [2.75, 3.05) is 26.2 Å². The molecule has 1 aromatic heterocycles. The highest BCUT2D eigenvalue weighted by Gasteiger charge is 2.37. The van der Waals surface area contributed by atoms with Crippen LogP contribution in [0.2, 0.25) is 0 Å². The topological polar surface area (TPSA) is 93.3 Å². The fourth-order valence-electron chi connectivity index (χ4n) is 3.63. The van der Waals surface area contributed by atoms with Crippen LogP contribution in [0.25, 0.3) is 0 Å². The molecule has 2 fully saturated rings. The van der Waals surface area contributed by atoms with E-state index in [2.05, 4.69) is 10.3 Å². The molecule has 1 aromatic rings. The number of nitrogens with zero attached hydrogens (tertiary/aromatic N) is 4. The summed E-state index contributed by atoms with van der Waals surface area (Å²) in [6, 6.07) is 0. The van der Waals surface area contributed by atoms with Crippen molar-refractivity contribution in [3.05, 3.63) is 22.1 Å². The van der Waals surface area contributed by atoms with Gasteiger partial charge in [-0.15, -0.1) is 0 Å². The number of amides is 1. The van der Waals surface area contributed by atoms with Gasteiger partial charge in [0.05, 0.1) is 0 Å². The fourth-order valence-corrected chi connectivity index (χ4v) is 3.63. The van der Waals surface area contributed by atoms with E-state index in [4.69, 9.17) is 0 Å².